The van der Waals surface area contributed by atoms with Crippen LogP contribution in [0, 0.1) is 11.6 Å². The summed E-state index contributed by atoms with van der Waals surface area (Å²) >= 11 is 11.3. The number of rotatable bonds is 4. The van der Waals surface area contributed by atoms with Crippen LogP contribution < -0.4 is 5.73 Å². The van der Waals surface area contributed by atoms with E-state index in [-0.39, 0.29) is 31.4 Å². The molecule has 0 saturated carbocycles. The summed E-state index contributed by atoms with van der Waals surface area (Å²) in [6, 6.07) is 23.5. The van der Waals surface area contributed by atoms with Crippen molar-refractivity contribution in [3.63, 3.8) is 0 Å². The molecule has 0 atom stereocenters. The quantitative estimate of drug-likeness (QED) is 0.197. The van der Waals surface area contributed by atoms with Gasteiger partial charge in [-0.15, -0.1) is 0 Å². The highest BCUT2D eigenvalue weighted by Gasteiger charge is 2.16. The average Bonchev–Trinajstić information content (AvgIpc) is 2.85. The lowest BCUT2D eigenvalue weighted by atomic mass is 10.2. The maximum Gasteiger partial charge on any atom is 0.261 e. The number of hydrogen-bond acceptors (Lipinski definition) is 5. The van der Waals surface area contributed by atoms with E-state index in [9.17, 15) is 25.6 Å². The van der Waals surface area contributed by atoms with E-state index in [0.717, 1.165) is 6.07 Å². The molecule has 0 unspecified atom stereocenters. The fraction of sp³-hybridized carbons (Fsp3) is 0.0400. The lowest BCUT2D eigenvalue weighted by Gasteiger charge is -2.06. The zero-order chi connectivity index (χ0) is 27.6. The van der Waals surface area contributed by atoms with Crippen LogP contribution in [0.5, 0.6) is 0 Å². The van der Waals surface area contributed by atoms with Crippen LogP contribution in [0.15, 0.2) is 107 Å². The molecule has 0 aromatic heterocycles. The highest BCUT2D eigenvalue weighted by atomic mass is 35.7. The largest absolute Gasteiger partial charge is 0.398 e. The van der Waals surface area contributed by atoms with E-state index in [2.05, 4.69) is 0 Å². The smallest absolute Gasteiger partial charge is 0.261 e. The molecule has 12 heteroatoms. The van der Waals surface area contributed by atoms with Crippen molar-refractivity contribution in [2.75, 3.05) is 5.73 Å². The summed E-state index contributed by atoms with van der Waals surface area (Å²) in [7, 11) is -1.96. The van der Waals surface area contributed by atoms with Crippen molar-refractivity contribution < 1.29 is 25.6 Å². The van der Waals surface area contributed by atoms with E-state index in [4.69, 9.17) is 39.6 Å². The first kappa shape index (κ1) is 30.5. The van der Waals surface area contributed by atoms with Gasteiger partial charge in [-0.2, -0.15) is 0 Å². The molecule has 4 aromatic rings. The second-order valence-electron chi connectivity index (χ2n) is 7.22. The monoisotopic (exact) mass is 605 g/mol. The minimum atomic E-state index is -3.53. The average molecular weight is 607 g/mol. The number of nitrogens with two attached hydrogens (primary N) is 1. The van der Waals surface area contributed by atoms with Gasteiger partial charge < -0.3 is 5.73 Å². The van der Waals surface area contributed by atoms with E-state index in [1.54, 1.807) is 36.4 Å². The van der Waals surface area contributed by atoms with Crippen LogP contribution in [0.4, 0.5) is 14.5 Å². The normalized spacial score (nSPS) is 10.9. The summed E-state index contributed by atoms with van der Waals surface area (Å²) in [4.78, 5) is 0.363. The molecule has 0 amide bonds. The number of benzene rings is 4. The molecule has 5 nitrogen and oxygen atoms in total. The maximum atomic E-state index is 12.9. The van der Waals surface area contributed by atoms with Gasteiger partial charge in [0.25, 0.3) is 9.05 Å². The van der Waals surface area contributed by atoms with Crippen molar-refractivity contribution in [2.24, 2.45) is 0 Å². The molecule has 0 radical (unpaired) electrons. The Hall–Kier alpha value is -2.69. The van der Waals surface area contributed by atoms with Gasteiger partial charge in [0.2, 0.25) is 0 Å². The Labute approximate surface area is 228 Å². The van der Waals surface area contributed by atoms with Crippen LogP contribution in [0.2, 0.25) is 10.0 Å². The molecule has 0 spiro atoms. The zero-order valence-electron chi connectivity index (χ0n) is 18.9. The third kappa shape index (κ3) is 10.3. The molecule has 4 rings (SSSR count). The zero-order valence-corrected chi connectivity index (χ0v) is 22.8. The van der Waals surface area contributed by atoms with Gasteiger partial charge in [-0.1, -0.05) is 65.7 Å². The number of nitrogen functional groups attached to an aromatic ring is 1. The predicted molar refractivity (Wildman–Crippen MR) is 144 cm³/mol. The Bertz CT molecular complexity index is 1540. The minimum absolute atomic E-state index is 0.120. The lowest BCUT2D eigenvalue weighted by Crippen LogP contribution is -2.05. The lowest BCUT2D eigenvalue weighted by molar-refractivity contribution is 0.594. The molecular formula is C25H20Cl3F2NO4S2. The topological polar surface area (TPSA) is 94.3 Å². The summed E-state index contributed by atoms with van der Waals surface area (Å²) in [6.07, 6.45) is 0. The van der Waals surface area contributed by atoms with Crippen LogP contribution in [-0.4, -0.2) is 16.8 Å². The fourth-order valence-electron chi connectivity index (χ4n) is 2.64. The van der Waals surface area contributed by atoms with Gasteiger partial charge in [-0.25, -0.2) is 25.6 Å². The number of halogens is 5. The van der Waals surface area contributed by atoms with E-state index < -0.39 is 24.7 Å². The van der Waals surface area contributed by atoms with Crippen molar-refractivity contribution in [3.8, 4) is 0 Å². The summed E-state index contributed by atoms with van der Waals surface area (Å²) in [5.74, 6) is -1.09. The van der Waals surface area contributed by atoms with Gasteiger partial charge in [0.1, 0.15) is 11.6 Å². The highest BCUT2D eigenvalue weighted by molar-refractivity contribution is 8.13. The van der Waals surface area contributed by atoms with Crippen LogP contribution in [-0.2, 0) is 24.6 Å². The molecule has 0 bridgehead atoms. The van der Waals surface area contributed by atoms with E-state index >= 15 is 0 Å². The van der Waals surface area contributed by atoms with Gasteiger partial charge in [0.05, 0.1) is 26.3 Å². The van der Waals surface area contributed by atoms with Crippen LogP contribution >= 0.6 is 33.9 Å². The Morgan fingerprint density at radius 1 is 0.649 bits per heavy atom. The SMILES string of the molecule is Nc1ccc(F)cc1Cl.O=S(=O)(Cc1ccc(F)cc1Cl)c1ccccc1.O=S(=O)(Cl)c1ccccc1. The number of hydrogen-bond donors (Lipinski definition) is 1. The molecule has 196 valence electrons. The van der Waals surface area contributed by atoms with Crippen LogP contribution in [0.1, 0.15) is 5.56 Å². The Morgan fingerprint density at radius 2 is 1.11 bits per heavy atom. The molecule has 0 aliphatic rings. The fourth-order valence-corrected chi connectivity index (χ4v) is 5.31. The first-order valence-corrected chi connectivity index (χ1v) is 14.9. The summed E-state index contributed by atoms with van der Waals surface area (Å²) in [6.45, 7) is 0. The third-order valence-electron chi connectivity index (χ3n) is 4.45. The van der Waals surface area contributed by atoms with Gasteiger partial charge in [0.15, 0.2) is 9.84 Å². The van der Waals surface area contributed by atoms with Crippen molar-refractivity contribution in [1.82, 2.24) is 0 Å². The highest BCUT2D eigenvalue weighted by Crippen LogP contribution is 2.23. The maximum absolute atomic E-state index is 12.9. The minimum Gasteiger partial charge on any atom is -0.398 e. The van der Waals surface area contributed by atoms with Crippen LogP contribution in [0.3, 0.4) is 0 Å². The summed E-state index contributed by atoms with van der Waals surface area (Å²) < 4.78 is 70.4. The first-order chi connectivity index (χ1) is 17.3. The van der Waals surface area contributed by atoms with E-state index in [1.165, 1.54) is 54.6 Å². The second kappa shape index (κ2) is 13.7. The Balaban J connectivity index is 0.000000214. The van der Waals surface area contributed by atoms with Crippen LogP contribution in [0.25, 0.3) is 0 Å². The van der Waals surface area contributed by atoms with Crippen molar-refractivity contribution in [3.05, 3.63) is 124 Å². The Morgan fingerprint density at radius 3 is 1.51 bits per heavy atom. The number of sulfone groups is 1. The third-order valence-corrected chi connectivity index (χ3v) is 8.18. The molecule has 0 heterocycles. The van der Waals surface area contributed by atoms with Gasteiger partial charge in [-0.3, -0.25) is 0 Å². The predicted octanol–water partition coefficient (Wildman–Crippen LogP) is 7.13. The summed E-state index contributed by atoms with van der Waals surface area (Å²) in [5, 5.41) is 0.379. The van der Waals surface area contributed by atoms with E-state index in [0.29, 0.717) is 11.3 Å². The van der Waals surface area contributed by atoms with Gasteiger partial charge >= 0.3 is 0 Å². The van der Waals surface area contributed by atoms with Gasteiger partial charge in [0, 0.05) is 15.7 Å². The molecular weight excluding hydrogens is 587 g/mol. The molecule has 37 heavy (non-hydrogen) atoms. The molecule has 4 aromatic carbocycles. The molecule has 2 N–H and O–H groups in total. The number of anilines is 1. The summed E-state index contributed by atoms with van der Waals surface area (Å²) in [5.41, 5.74) is 6.08. The van der Waals surface area contributed by atoms with Gasteiger partial charge in [-0.05, 0) is 60.2 Å². The first-order valence-electron chi connectivity index (χ1n) is 10.2. The second-order valence-corrected chi connectivity index (χ2v) is 12.6. The standard InChI is InChI=1S/C13H10ClFO2S.C6H5ClFN.C6H5ClO2S/c14-13-8-11(15)7-6-10(13)9-18(16,17)12-4-2-1-3-5-12;7-5-3-4(8)1-2-6(5)9;7-10(8,9)6-4-2-1-3-5-6/h1-8H,9H2;1-3H,9H2;1-5H. The molecule has 0 aliphatic carbocycles. The Kier molecular flexibility index (Phi) is 11.3. The molecule has 0 fully saturated rings. The van der Waals surface area contributed by atoms with Crippen molar-refractivity contribution in [1.29, 1.82) is 0 Å². The van der Waals surface area contributed by atoms with Crippen molar-refractivity contribution in [2.45, 2.75) is 15.5 Å². The van der Waals surface area contributed by atoms with Crippen molar-refractivity contribution >= 4 is 58.5 Å². The molecule has 0 saturated heterocycles. The molecule has 0 aliphatic heterocycles. The van der Waals surface area contributed by atoms with E-state index in [1.807, 2.05) is 0 Å².